The van der Waals surface area contributed by atoms with Gasteiger partial charge >= 0.3 is 12.0 Å². The fraction of sp³-hybridized carbons (Fsp3) is 0.842. The first-order valence-electron chi connectivity index (χ1n) is 10.0. The predicted molar refractivity (Wildman–Crippen MR) is 107 cm³/mol. The quantitative estimate of drug-likeness (QED) is 0.521. The minimum atomic E-state index is -0.758. The van der Waals surface area contributed by atoms with Gasteiger partial charge in [-0.15, -0.1) is 0 Å². The highest BCUT2D eigenvalue weighted by Gasteiger charge is 2.43. The summed E-state index contributed by atoms with van der Waals surface area (Å²) in [5, 5.41) is 12.1. The molecule has 2 aliphatic rings. The molecule has 2 N–H and O–H groups in total. The van der Waals surface area contributed by atoms with E-state index in [1.54, 1.807) is 4.90 Å². The van der Waals surface area contributed by atoms with Crippen LogP contribution in [0.4, 0.5) is 4.79 Å². The molecule has 0 aliphatic carbocycles. The normalized spacial score (nSPS) is 24.4. The molecule has 0 aromatic rings. The number of urea groups is 1. The minimum absolute atomic E-state index is 0.0395. The number of nitrogens with one attached hydrogen (secondary N) is 1. The van der Waals surface area contributed by atoms with Gasteiger partial charge in [0.2, 0.25) is 5.91 Å². The fourth-order valence-electron chi connectivity index (χ4n) is 3.94. The van der Waals surface area contributed by atoms with Gasteiger partial charge in [0, 0.05) is 38.7 Å². The molecule has 8 heteroatoms. The number of fused-ring (bicyclic) bond motifs is 1. The molecule has 2 aliphatic heterocycles. The molecule has 3 amide bonds. The Morgan fingerprint density at radius 2 is 1.96 bits per heavy atom. The number of hydrogen-bond acceptors (Lipinski definition) is 4. The SMILES string of the molecule is CN(CCCCCC(=O)O)C(=O)CCCC[C@@H]1SCC[C@@H]2NC(=O)N(C)[C@@H]21. The molecule has 0 radical (unpaired) electrons. The minimum Gasteiger partial charge on any atom is -0.481 e. The van der Waals surface area contributed by atoms with Crippen LogP contribution in [0.3, 0.4) is 0 Å². The van der Waals surface area contributed by atoms with Crippen molar-refractivity contribution in [2.75, 3.05) is 26.4 Å². The van der Waals surface area contributed by atoms with Crippen molar-refractivity contribution in [2.45, 2.75) is 75.1 Å². The highest BCUT2D eigenvalue weighted by atomic mass is 32.2. The summed E-state index contributed by atoms with van der Waals surface area (Å²) in [6, 6.07) is 0.598. The third-order valence-corrected chi connectivity index (χ3v) is 6.98. The maximum atomic E-state index is 12.2. The first kappa shape index (κ1) is 21.9. The van der Waals surface area contributed by atoms with Crippen LogP contribution in [0.5, 0.6) is 0 Å². The number of carbonyl (C=O) groups excluding carboxylic acids is 2. The van der Waals surface area contributed by atoms with Crippen LogP contribution in [0.2, 0.25) is 0 Å². The number of carbonyl (C=O) groups is 3. The molecule has 0 saturated carbocycles. The van der Waals surface area contributed by atoms with Crippen LogP contribution in [0.1, 0.15) is 57.8 Å². The Morgan fingerprint density at radius 3 is 2.70 bits per heavy atom. The van der Waals surface area contributed by atoms with E-state index >= 15 is 0 Å². The van der Waals surface area contributed by atoms with E-state index in [2.05, 4.69) is 5.32 Å². The first-order valence-corrected chi connectivity index (χ1v) is 11.1. The predicted octanol–water partition coefficient (Wildman–Crippen LogP) is 2.55. The van der Waals surface area contributed by atoms with Gasteiger partial charge in [-0.2, -0.15) is 11.8 Å². The zero-order chi connectivity index (χ0) is 19.8. The van der Waals surface area contributed by atoms with Crippen LogP contribution in [0.15, 0.2) is 0 Å². The number of thioether (sulfide) groups is 1. The number of nitrogens with zero attached hydrogens (tertiary/aromatic N) is 2. The first-order chi connectivity index (χ1) is 12.9. The molecular formula is C19H33N3O4S. The molecule has 2 fully saturated rings. The van der Waals surface area contributed by atoms with Crippen LogP contribution in [0.25, 0.3) is 0 Å². The molecular weight excluding hydrogens is 366 g/mol. The average Bonchev–Trinajstić information content (AvgIpc) is 2.92. The van der Waals surface area contributed by atoms with Crippen molar-refractivity contribution in [3.8, 4) is 0 Å². The number of amides is 3. The van der Waals surface area contributed by atoms with Crippen molar-refractivity contribution in [3.05, 3.63) is 0 Å². The number of carboxylic acids is 1. The monoisotopic (exact) mass is 399 g/mol. The van der Waals surface area contributed by atoms with E-state index in [9.17, 15) is 14.4 Å². The Kier molecular flexibility index (Phi) is 8.73. The molecule has 2 rings (SSSR count). The molecule has 0 bridgehead atoms. The molecule has 0 aromatic heterocycles. The lowest BCUT2D eigenvalue weighted by Gasteiger charge is -2.35. The summed E-state index contributed by atoms with van der Waals surface area (Å²) in [4.78, 5) is 38.2. The molecule has 2 saturated heterocycles. The van der Waals surface area contributed by atoms with Crippen molar-refractivity contribution in [1.82, 2.24) is 15.1 Å². The van der Waals surface area contributed by atoms with E-state index in [4.69, 9.17) is 5.11 Å². The van der Waals surface area contributed by atoms with Crippen molar-refractivity contribution < 1.29 is 19.5 Å². The lowest BCUT2D eigenvalue weighted by molar-refractivity contribution is -0.137. The van der Waals surface area contributed by atoms with Crippen molar-refractivity contribution >= 4 is 29.7 Å². The van der Waals surface area contributed by atoms with Crippen LogP contribution < -0.4 is 5.32 Å². The van der Waals surface area contributed by atoms with E-state index in [0.717, 1.165) is 44.3 Å². The number of unbranched alkanes of at least 4 members (excludes halogenated alkanes) is 3. The van der Waals surface area contributed by atoms with Gasteiger partial charge in [-0.3, -0.25) is 9.59 Å². The van der Waals surface area contributed by atoms with E-state index in [-0.39, 0.29) is 30.4 Å². The third kappa shape index (κ3) is 6.59. The van der Waals surface area contributed by atoms with Gasteiger partial charge in [0.25, 0.3) is 0 Å². The Morgan fingerprint density at radius 1 is 1.22 bits per heavy atom. The summed E-state index contributed by atoms with van der Waals surface area (Å²) in [5.41, 5.74) is 0. The fourth-order valence-corrected chi connectivity index (χ4v) is 5.54. The summed E-state index contributed by atoms with van der Waals surface area (Å²) in [6.45, 7) is 0.694. The second-order valence-corrected chi connectivity index (χ2v) is 8.97. The van der Waals surface area contributed by atoms with Gasteiger partial charge in [0.15, 0.2) is 0 Å². The van der Waals surface area contributed by atoms with Crippen LogP contribution in [0, 0.1) is 0 Å². The summed E-state index contributed by atoms with van der Waals surface area (Å²) in [7, 11) is 3.71. The summed E-state index contributed by atoms with van der Waals surface area (Å²) < 4.78 is 0. The van der Waals surface area contributed by atoms with Gasteiger partial charge in [-0.25, -0.2) is 4.79 Å². The Balaban J connectivity index is 1.59. The smallest absolute Gasteiger partial charge is 0.317 e. The molecule has 154 valence electrons. The molecule has 27 heavy (non-hydrogen) atoms. The maximum absolute atomic E-state index is 12.2. The van der Waals surface area contributed by atoms with Crippen LogP contribution in [-0.4, -0.2) is 76.5 Å². The van der Waals surface area contributed by atoms with Gasteiger partial charge in [-0.05, 0) is 37.9 Å². The molecule has 0 spiro atoms. The van der Waals surface area contributed by atoms with Crippen molar-refractivity contribution in [3.63, 3.8) is 0 Å². The standard InChI is InChI=1S/C19H33N3O4S/c1-21(12-7-3-4-10-17(24)25)16(23)9-6-5-8-15-18-14(11-13-27-15)20-19(26)22(18)2/h14-15,18H,3-13H2,1-2H3,(H,20,26)(H,24,25)/t14-,15-,18-/m0/s1. The van der Waals surface area contributed by atoms with Crippen LogP contribution in [-0.2, 0) is 9.59 Å². The summed E-state index contributed by atoms with van der Waals surface area (Å²) in [6.07, 6.45) is 7.08. The Hall–Kier alpha value is -1.44. The van der Waals surface area contributed by atoms with E-state index in [1.807, 2.05) is 30.8 Å². The van der Waals surface area contributed by atoms with Crippen molar-refractivity contribution in [1.29, 1.82) is 0 Å². The van der Waals surface area contributed by atoms with Crippen molar-refractivity contribution in [2.24, 2.45) is 0 Å². The topological polar surface area (TPSA) is 90.0 Å². The number of rotatable bonds is 11. The zero-order valence-corrected chi connectivity index (χ0v) is 17.3. The van der Waals surface area contributed by atoms with Gasteiger partial charge in [-0.1, -0.05) is 12.8 Å². The van der Waals surface area contributed by atoms with Gasteiger partial charge < -0.3 is 20.2 Å². The molecule has 0 unspecified atom stereocenters. The average molecular weight is 400 g/mol. The van der Waals surface area contributed by atoms with Crippen LogP contribution >= 0.6 is 11.8 Å². The molecule has 7 nitrogen and oxygen atoms in total. The largest absolute Gasteiger partial charge is 0.481 e. The zero-order valence-electron chi connectivity index (χ0n) is 16.5. The summed E-state index contributed by atoms with van der Waals surface area (Å²) in [5.74, 6) is 0.492. The lowest BCUT2D eigenvalue weighted by atomic mass is 9.98. The Bertz CT molecular complexity index is 531. The lowest BCUT2D eigenvalue weighted by Crippen LogP contribution is -2.46. The Labute approximate surface area is 166 Å². The second kappa shape index (κ2) is 10.8. The highest BCUT2D eigenvalue weighted by molar-refractivity contribution is 8.00. The second-order valence-electron chi connectivity index (χ2n) is 7.62. The number of likely N-dealkylation sites (N-methyl/N-ethyl adjacent to an activating group) is 1. The third-order valence-electron chi connectivity index (χ3n) is 5.57. The number of hydrogen-bond donors (Lipinski definition) is 2. The summed E-state index contributed by atoms with van der Waals surface area (Å²) >= 11 is 1.96. The van der Waals surface area contributed by atoms with Gasteiger partial charge in [0.1, 0.15) is 0 Å². The molecule has 0 aromatic carbocycles. The van der Waals surface area contributed by atoms with E-state index in [1.165, 1.54) is 0 Å². The number of aliphatic carboxylic acids is 1. The van der Waals surface area contributed by atoms with E-state index in [0.29, 0.717) is 24.6 Å². The maximum Gasteiger partial charge on any atom is 0.317 e. The van der Waals surface area contributed by atoms with Gasteiger partial charge in [0.05, 0.1) is 12.1 Å². The number of carboxylic acid groups (broad SMARTS) is 1. The molecule has 3 atom stereocenters. The molecule has 2 heterocycles. The highest BCUT2D eigenvalue weighted by Crippen LogP contribution is 2.35. The van der Waals surface area contributed by atoms with E-state index < -0.39 is 5.97 Å².